The Morgan fingerprint density at radius 1 is 1.18 bits per heavy atom. The van der Waals surface area contributed by atoms with E-state index in [1.165, 1.54) is 0 Å². The highest BCUT2D eigenvalue weighted by Crippen LogP contribution is 2.10. The summed E-state index contributed by atoms with van der Waals surface area (Å²) in [6, 6.07) is 6.32. The molecule has 0 radical (unpaired) electrons. The molecule has 0 aromatic heterocycles. The highest BCUT2D eigenvalue weighted by atomic mass is 16.5. The van der Waals surface area contributed by atoms with Crippen molar-refractivity contribution in [3.8, 4) is 0 Å². The summed E-state index contributed by atoms with van der Waals surface area (Å²) in [5.41, 5.74) is 1.44. The van der Waals surface area contributed by atoms with Crippen LogP contribution in [0.3, 0.4) is 0 Å². The van der Waals surface area contributed by atoms with Gasteiger partial charge in [0.2, 0.25) is 11.8 Å². The van der Waals surface area contributed by atoms with Crippen LogP contribution in [0.15, 0.2) is 24.3 Å². The van der Waals surface area contributed by atoms with Crippen LogP contribution < -0.4 is 10.6 Å². The first-order valence-electron chi connectivity index (χ1n) is 7.16. The molecule has 6 heteroatoms. The van der Waals surface area contributed by atoms with Crippen molar-refractivity contribution < 1.29 is 19.1 Å². The number of rotatable bonds is 8. The first-order valence-corrected chi connectivity index (χ1v) is 7.16. The summed E-state index contributed by atoms with van der Waals surface area (Å²) >= 11 is 0. The molecule has 2 N–H and O–H groups in total. The molecule has 0 saturated heterocycles. The molecular formula is C16H22N2O4. The Bertz CT molecular complexity index is 511. The fraction of sp³-hybridized carbons (Fsp3) is 0.438. The van der Waals surface area contributed by atoms with Crippen molar-refractivity contribution in [2.75, 3.05) is 5.32 Å². The number of ether oxygens (including phenoxy) is 1. The molecule has 0 aliphatic heterocycles. The largest absolute Gasteiger partial charge is 0.463 e. The molecule has 1 aromatic carbocycles. The number of benzene rings is 1. The van der Waals surface area contributed by atoms with E-state index in [0.29, 0.717) is 18.6 Å². The second kappa shape index (κ2) is 8.81. The summed E-state index contributed by atoms with van der Waals surface area (Å²) in [6.45, 7) is 6.11. The molecule has 0 aliphatic carbocycles. The minimum Gasteiger partial charge on any atom is -0.463 e. The van der Waals surface area contributed by atoms with E-state index in [4.69, 9.17) is 0 Å². The van der Waals surface area contributed by atoms with Gasteiger partial charge in [-0.25, -0.2) is 0 Å². The lowest BCUT2D eigenvalue weighted by atomic mass is 10.1. The molecule has 2 amide bonds. The summed E-state index contributed by atoms with van der Waals surface area (Å²) in [7, 11) is 0. The quantitative estimate of drug-likeness (QED) is 0.718. The van der Waals surface area contributed by atoms with Crippen molar-refractivity contribution >= 4 is 24.0 Å². The van der Waals surface area contributed by atoms with Gasteiger partial charge in [-0.15, -0.1) is 0 Å². The number of hydrogen-bond acceptors (Lipinski definition) is 4. The van der Waals surface area contributed by atoms with Gasteiger partial charge < -0.3 is 15.4 Å². The first-order chi connectivity index (χ1) is 10.4. The molecule has 0 saturated carbocycles. The fourth-order valence-electron chi connectivity index (χ4n) is 1.80. The second-order valence-corrected chi connectivity index (χ2v) is 5.48. The number of carbonyl (C=O) groups excluding carboxylic acids is 3. The summed E-state index contributed by atoms with van der Waals surface area (Å²) < 4.78 is 4.64. The Morgan fingerprint density at radius 3 is 2.36 bits per heavy atom. The fourth-order valence-corrected chi connectivity index (χ4v) is 1.80. The zero-order chi connectivity index (χ0) is 16.5. The maximum absolute atomic E-state index is 12.0. The van der Waals surface area contributed by atoms with Crippen molar-refractivity contribution in [1.82, 2.24) is 5.32 Å². The minimum atomic E-state index is -0.607. The van der Waals surface area contributed by atoms with Gasteiger partial charge >= 0.3 is 0 Å². The SMILES string of the molecule is CC(C)CC(=O)NC(C)C(=O)Nc1ccc(COC=O)cc1. The number of nitrogens with one attached hydrogen (secondary N) is 2. The monoisotopic (exact) mass is 306 g/mol. The van der Waals surface area contributed by atoms with Crippen molar-refractivity contribution in [2.24, 2.45) is 5.92 Å². The van der Waals surface area contributed by atoms with Crippen molar-refractivity contribution in [1.29, 1.82) is 0 Å². The van der Waals surface area contributed by atoms with Gasteiger partial charge in [0, 0.05) is 12.1 Å². The van der Waals surface area contributed by atoms with Crippen molar-refractivity contribution in [3.63, 3.8) is 0 Å². The zero-order valence-corrected chi connectivity index (χ0v) is 13.1. The third kappa shape index (κ3) is 6.39. The normalized spacial score (nSPS) is 11.6. The summed E-state index contributed by atoms with van der Waals surface area (Å²) in [5, 5.41) is 5.38. The molecule has 0 aliphatic rings. The molecule has 1 rings (SSSR count). The number of hydrogen-bond donors (Lipinski definition) is 2. The predicted molar refractivity (Wildman–Crippen MR) is 83.0 cm³/mol. The highest BCUT2D eigenvalue weighted by molar-refractivity contribution is 5.96. The van der Waals surface area contributed by atoms with Crippen molar-refractivity contribution in [3.05, 3.63) is 29.8 Å². The van der Waals surface area contributed by atoms with Gasteiger partial charge in [0.15, 0.2) is 0 Å². The van der Waals surface area contributed by atoms with Crippen LogP contribution in [-0.2, 0) is 25.7 Å². The molecule has 0 bridgehead atoms. The third-order valence-electron chi connectivity index (χ3n) is 2.90. The van der Waals surface area contributed by atoms with Crippen LogP contribution in [0.25, 0.3) is 0 Å². The molecule has 1 unspecified atom stereocenters. The number of amides is 2. The number of carbonyl (C=O) groups is 3. The Hall–Kier alpha value is -2.37. The standard InChI is InChI=1S/C16H22N2O4/c1-11(2)8-15(20)17-12(3)16(21)18-14-6-4-13(5-7-14)9-22-10-19/h4-7,10-12H,8-9H2,1-3H3,(H,17,20)(H,18,21). The van der Waals surface area contributed by atoms with E-state index in [-0.39, 0.29) is 24.3 Å². The number of anilines is 1. The molecular weight excluding hydrogens is 284 g/mol. The van der Waals surface area contributed by atoms with Gasteiger partial charge in [-0.05, 0) is 30.5 Å². The lowest BCUT2D eigenvalue weighted by Gasteiger charge is -2.15. The van der Waals surface area contributed by atoms with Gasteiger partial charge in [-0.2, -0.15) is 0 Å². The zero-order valence-electron chi connectivity index (χ0n) is 13.1. The molecule has 1 atom stereocenters. The molecule has 1 aromatic rings. The topological polar surface area (TPSA) is 84.5 Å². The Morgan fingerprint density at radius 2 is 1.82 bits per heavy atom. The second-order valence-electron chi connectivity index (χ2n) is 5.48. The van der Waals surface area contributed by atoms with Crippen LogP contribution in [0.4, 0.5) is 5.69 Å². The molecule has 6 nitrogen and oxygen atoms in total. The molecule has 0 spiro atoms. The smallest absolute Gasteiger partial charge is 0.293 e. The van der Waals surface area contributed by atoms with E-state index in [1.54, 1.807) is 31.2 Å². The van der Waals surface area contributed by atoms with Gasteiger partial charge in [-0.3, -0.25) is 14.4 Å². The van der Waals surface area contributed by atoms with E-state index < -0.39 is 6.04 Å². The Labute approximate surface area is 130 Å². The van der Waals surface area contributed by atoms with E-state index in [0.717, 1.165) is 5.56 Å². The lowest BCUT2D eigenvalue weighted by Crippen LogP contribution is -2.41. The van der Waals surface area contributed by atoms with Gasteiger partial charge in [-0.1, -0.05) is 26.0 Å². The van der Waals surface area contributed by atoms with Crippen LogP contribution in [0.1, 0.15) is 32.8 Å². The summed E-state index contributed by atoms with van der Waals surface area (Å²) in [6.07, 6.45) is 0.392. The van der Waals surface area contributed by atoms with Crippen LogP contribution in [0, 0.1) is 5.92 Å². The van der Waals surface area contributed by atoms with Gasteiger partial charge in [0.25, 0.3) is 6.47 Å². The molecule has 0 fully saturated rings. The average molecular weight is 306 g/mol. The van der Waals surface area contributed by atoms with E-state index in [1.807, 2.05) is 13.8 Å². The Balaban J connectivity index is 2.49. The van der Waals surface area contributed by atoms with Crippen LogP contribution in [0.2, 0.25) is 0 Å². The maximum Gasteiger partial charge on any atom is 0.293 e. The lowest BCUT2D eigenvalue weighted by molar-refractivity contribution is -0.129. The minimum absolute atomic E-state index is 0.140. The van der Waals surface area contributed by atoms with E-state index in [2.05, 4.69) is 15.4 Å². The van der Waals surface area contributed by atoms with Crippen molar-refractivity contribution in [2.45, 2.75) is 39.8 Å². The summed E-state index contributed by atoms with van der Waals surface area (Å²) in [5.74, 6) is -0.176. The first kappa shape index (κ1) is 17.7. The van der Waals surface area contributed by atoms with Crippen LogP contribution in [0.5, 0.6) is 0 Å². The molecule has 120 valence electrons. The predicted octanol–water partition coefficient (Wildman–Crippen LogP) is 1.85. The summed E-state index contributed by atoms with van der Waals surface area (Å²) in [4.78, 5) is 33.7. The van der Waals surface area contributed by atoms with E-state index in [9.17, 15) is 14.4 Å². The molecule has 0 heterocycles. The average Bonchev–Trinajstić information content (AvgIpc) is 2.45. The highest BCUT2D eigenvalue weighted by Gasteiger charge is 2.16. The Kier molecular flexibility index (Phi) is 7.08. The van der Waals surface area contributed by atoms with Gasteiger partial charge in [0.1, 0.15) is 12.6 Å². The van der Waals surface area contributed by atoms with Crippen LogP contribution in [-0.4, -0.2) is 24.3 Å². The van der Waals surface area contributed by atoms with Gasteiger partial charge in [0.05, 0.1) is 0 Å². The molecule has 22 heavy (non-hydrogen) atoms. The third-order valence-corrected chi connectivity index (χ3v) is 2.90. The van der Waals surface area contributed by atoms with E-state index >= 15 is 0 Å². The maximum atomic E-state index is 12.0. The van der Waals surface area contributed by atoms with Crippen LogP contribution >= 0.6 is 0 Å².